The Morgan fingerprint density at radius 2 is 2.00 bits per heavy atom. The lowest BCUT2D eigenvalue weighted by Gasteiger charge is -2.27. The third-order valence-electron chi connectivity index (χ3n) is 5.40. The molecule has 0 aromatic carbocycles. The average Bonchev–Trinajstić information content (AvgIpc) is 3.14. The van der Waals surface area contributed by atoms with Crippen LogP contribution in [0.1, 0.15) is 30.7 Å². The number of amides is 2. The van der Waals surface area contributed by atoms with Crippen LogP contribution in [0.3, 0.4) is 0 Å². The Labute approximate surface area is 166 Å². The van der Waals surface area contributed by atoms with Crippen LogP contribution in [0.25, 0.3) is 10.2 Å². The van der Waals surface area contributed by atoms with Crippen molar-refractivity contribution in [1.82, 2.24) is 19.4 Å². The highest BCUT2D eigenvalue weighted by Crippen LogP contribution is 2.30. The summed E-state index contributed by atoms with van der Waals surface area (Å²) in [5.74, 6) is 0.183. The van der Waals surface area contributed by atoms with Gasteiger partial charge in [0.2, 0.25) is 0 Å². The second-order valence-electron chi connectivity index (χ2n) is 7.97. The molecule has 0 spiro atoms. The Balaban J connectivity index is 1.86. The number of aromatic nitrogens is 2. The molecular weight excluding hydrogens is 380 g/mol. The van der Waals surface area contributed by atoms with Crippen LogP contribution in [-0.2, 0) is 24.4 Å². The first-order valence-corrected chi connectivity index (χ1v) is 10.6. The number of thiophene rings is 1. The van der Waals surface area contributed by atoms with Crippen molar-refractivity contribution in [1.29, 1.82) is 0 Å². The molecule has 0 radical (unpaired) electrons. The highest BCUT2D eigenvalue weighted by Gasteiger charge is 2.27. The Bertz CT molecular complexity index is 1030. The normalized spacial score (nSPS) is 19.5. The van der Waals surface area contributed by atoms with E-state index in [1.165, 1.54) is 15.9 Å². The zero-order valence-electron chi connectivity index (χ0n) is 16.5. The molecule has 0 saturated carbocycles. The fraction of sp³-hybridized carbons (Fsp3) is 0.632. The fourth-order valence-electron chi connectivity index (χ4n) is 3.75. The number of carbonyl (C=O) groups excluding carboxylic acids is 1. The van der Waals surface area contributed by atoms with E-state index in [4.69, 9.17) is 4.74 Å². The van der Waals surface area contributed by atoms with E-state index >= 15 is 0 Å². The minimum absolute atomic E-state index is 0.0149. The standard InChI is InChI=1S/C19H26N4O4S/c1-11(2)8-22-16(24)15-12(3)14(10-21-6-5-20-18(21)25)28-17(15)23(19(22)26)9-13-4-7-27-13/h11,13H,4-10H2,1-3H3,(H,20,25). The van der Waals surface area contributed by atoms with E-state index in [0.717, 1.165) is 16.9 Å². The summed E-state index contributed by atoms with van der Waals surface area (Å²) in [5, 5.41) is 3.40. The summed E-state index contributed by atoms with van der Waals surface area (Å²) >= 11 is 1.44. The number of aryl methyl sites for hydroxylation is 1. The third-order valence-corrected chi connectivity index (χ3v) is 6.70. The van der Waals surface area contributed by atoms with E-state index in [2.05, 4.69) is 5.32 Å². The molecular formula is C19H26N4O4S. The Morgan fingerprint density at radius 1 is 1.25 bits per heavy atom. The fourth-order valence-corrected chi connectivity index (χ4v) is 5.06. The SMILES string of the molecule is Cc1c(CN2CCNC2=O)sc2c1c(=O)n(CC(C)C)c(=O)n2CC1CCO1. The van der Waals surface area contributed by atoms with Crippen LogP contribution in [-0.4, -0.2) is 45.9 Å². The first-order chi connectivity index (χ1) is 13.4. The van der Waals surface area contributed by atoms with Crippen molar-refractivity contribution in [3.63, 3.8) is 0 Å². The molecule has 4 heterocycles. The number of fused-ring (bicyclic) bond motifs is 1. The van der Waals surface area contributed by atoms with E-state index in [-0.39, 0.29) is 29.3 Å². The van der Waals surface area contributed by atoms with Gasteiger partial charge in [0.25, 0.3) is 5.56 Å². The van der Waals surface area contributed by atoms with Gasteiger partial charge in [-0.05, 0) is 24.8 Å². The molecule has 1 unspecified atom stereocenters. The van der Waals surface area contributed by atoms with Gasteiger partial charge < -0.3 is 15.0 Å². The predicted octanol–water partition coefficient (Wildman–Crippen LogP) is 1.50. The van der Waals surface area contributed by atoms with Crippen molar-refractivity contribution in [2.75, 3.05) is 19.7 Å². The number of rotatable bonds is 6. The number of nitrogens with zero attached hydrogens (tertiary/aromatic N) is 3. The van der Waals surface area contributed by atoms with Crippen molar-refractivity contribution in [2.24, 2.45) is 5.92 Å². The first kappa shape index (κ1) is 19.2. The van der Waals surface area contributed by atoms with Gasteiger partial charge in [-0.2, -0.15) is 0 Å². The molecule has 2 aromatic rings. The molecule has 8 nitrogen and oxygen atoms in total. The summed E-state index contributed by atoms with van der Waals surface area (Å²) in [6.07, 6.45) is 0.934. The van der Waals surface area contributed by atoms with E-state index in [1.54, 1.807) is 9.47 Å². The van der Waals surface area contributed by atoms with Crippen LogP contribution in [0.15, 0.2) is 9.59 Å². The summed E-state index contributed by atoms with van der Waals surface area (Å²) in [6, 6.07) is -0.0886. The van der Waals surface area contributed by atoms with Gasteiger partial charge in [0.15, 0.2) is 0 Å². The zero-order valence-corrected chi connectivity index (χ0v) is 17.3. The minimum Gasteiger partial charge on any atom is -0.376 e. The number of ether oxygens (including phenoxy) is 1. The molecule has 2 amide bonds. The molecule has 4 rings (SSSR count). The molecule has 2 fully saturated rings. The molecule has 9 heteroatoms. The van der Waals surface area contributed by atoms with Crippen LogP contribution < -0.4 is 16.6 Å². The Hall–Kier alpha value is -2.13. The highest BCUT2D eigenvalue weighted by molar-refractivity contribution is 7.18. The van der Waals surface area contributed by atoms with Crippen LogP contribution in [0.5, 0.6) is 0 Å². The average molecular weight is 407 g/mol. The van der Waals surface area contributed by atoms with Crippen molar-refractivity contribution in [3.8, 4) is 0 Å². The zero-order chi connectivity index (χ0) is 20.0. The number of nitrogens with one attached hydrogen (secondary N) is 1. The monoisotopic (exact) mass is 406 g/mol. The van der Waals surface area contributed by atoms with Crippen molar-refractivity contribution in [3.05, 3.63) is 31.3 Å². The molecule has 152 valence electrons. The molecule has 2 saturated heterocycles. The second-order valence-corrected chi connectivity index (χ2v) is 9.05. The number of carbonyl (C=O) groups is 1. The smallest absolute Gasteiger partial charge is 0.332 e. The van der Waals surface area contributed by atoms with Gasteiger partial charge in [0.05, 0.1) is 24.6 Å². The number of hydrogen-bond acceptors (Lipinski definition) is 5. The molecule has 2 aliphatic heterocycles. The Morgan fingerprint density at radius 3 is 2.57 bits per heavy atom. The molecule has 1 atom stereocenters. The number of urea groups is 1. The summed E-state index contributed by atoms with van der Waals surface area (Å²) in [4.78, 5) is 41.6. The van der Waals surface area contributed by atoms with Gasteiger partial charge in [-0.25, -0.2) is 9.59 Å². The van der Waals surface area contributed by atoms with Crippen molar-refractivity contribution in [2.45, 2.75) is 52.9 Å². The van der Waals surface area contributed by atoms with E-state index < -0.39 is 0 Å². The van der Waals surface area contributed by atoms with E-state index in [1.807, 2.05) is 20.8 Å². The molecule has 0 aliphatic carbocycles. The maximum atomic E-state index is 13.2. The lowest BCUT2D eigenvalue weighted by molar-refractivity contribution is -0.0593. The van der Waals surface area contributed by atoms with Crippen molar-refractivity contribution < 1.29 is 9.53 Å². The summed E-state index contributed by atoms with van der Waals surface area (Å²) < 4.78 is 8.61. The molecule has 0 bridgehead atoms. The largest absolute Gasteiger partial charge is 0.376 e. The summed E-state index contributed by atoms with van der Waals surface area (Å²) in [6.45, 7) is 9.19. The topological polar surface area (TPSA) is 85.6 Å². The van der Waals surface area contributed by atoms with Gasteiger partial charge in [0, 0.05) is 31.1 Å². The lowest BCUT2D eigenvalue weighted by Crippen LogP contribution is -2.44. The van der Waals surface area contributed by atoms with Gasteiger partial charge in [0.1, 0.15) is 4.83 Å². The van der Waals surface area contributed by atoms with Crippen LogP contribution in [0.4, 0.5) is 4.79 Å². The van der Waals surface area contributed by atoms with E-state index in [0.29, 0.717) is 49.5 Å². The van der Waals surface area contributed by atoms with Gasteiger partial charge in [-0.1, -0.05) is 13.8 Å². The molecule has 1 N–H and O–H groups in total. The van der Waals surface area contributed by atoms with Gasteiger partial charge in [-0.3, -0.25) is 13.9 Å². The predicted molar refractivity (Wildman–Crippen MR) is 108 cm³/mol. The summed E-state index contributed by atoms with van der Waals surface area (Å²) in [5.41, 5.74) is 0.365. The van der Waals surface area contributed by atoms with Gasteiger partial charge in [-0.15, -0.1) is 11.3 Å². The minimum atomic E-state index is -0.270. The molecule has 28 heavy (non-hydrogen) atoms. The Kier molecular flexibility index (Phi) is 5.05. The maximum absolute atomic E-state index is 13.2. The molecule has 2 aromatic heterocycles. The first-order valence-electron chi connectivity index (χ1n) is 9.76. The lowest BCUT2D eigenvalue weighted by atomic mass is 10.1. The number of hydrogen-bond donors (Lipinski definition) is 1. The van der Waals surface area contributed by atoms with Crippen LogP contribution in [0, 0.1) is 12.8 Å². The third kappa shape index (κ3) is 3.26. The summed E-state index contributed by atoms with van der Waals surface area (Å²) in [7, 11) is 0. The second kappa shape index (κ2) is 7.36. The maximum Gasteiger partial charge on any atom is 0.332 e. The van der Waals surface area contributed by atoms with E-state index in [9.17, 15) is 14.4 Å². The molecule has 2 aliphatic rings. The quantitative estimate of drug-likeness (QED) is 0.788. The van der Waals surface area contributed by atoms with Crippen LogP contribution in [0.2, 0.25) is 0 Å². The van der Waals surface area contributed by atoms with Crippen molar-refractivity contribution >= 4 is 27.6 Å². The highest BCUT2D eigenvalue weighted by atomic mass is 32.1. The van der Waals surface area contributed by atoms with Crippen LogP contribution >= 0.6 is 11.3 Å². The van der Waals surface area contributed by atoms with Gasteiger partial charge >= 0.3 is 11.7 Å².